The molecule has 100 valence electrons. The maximum atomic E-state index is 6.23. The van der Waals surface area contributed by atoms with E-state index in [0.717, 1.165) is 17.9 Å². The summed E-state index contributed by atoms with van der Waals surface area (Å²) in [7, 11) is 0. The van der Waals surface area contributed by atoms with Crippen molar-refractivity contribution in [2.45, 2.75) is 32.2 Å². The minimum absolute atomic E-state index is 0.189. The summed E-state index contributed by atoms with van der Waals surface area (Å²) in [4.78, 5) is 0. The van der Waals surface area contributed by atoms with Gasteiger partial charge in [0.25, 0.3) is 0 Å². The van der Waals surface area contributed by atoms with Gasteiger partial charge in [-0.05, 0) is 78.6 Å². The highest BCUT2D eigenvalue weighted by molar-refractivity contribution is 14.1. The van der Waals surface area contributed by atoms with Crippen LogP contribution in [-0.4, -0.2) is 4.57 Å². The predicted octanol–water partition coefficient (Wildman–Crippen LogP) is 4.38. The van der Waals surface area contributed by atoms with Crippen LogP contribution in [0.1, 0.15) is 35.8 Å². The molecule has 2 N–H and O–H groups in total. The molecule has 1 unspecified atom stereocenters. The first-order valence-electron chi connectivity index (χ1n) is 6.50. The molecule has 0 bridgehead atoms. The number of benzene rings is 1. The molecule has 0 aliphatic heterocycles. The highest BCUT2D eigenvalue weighted by Gasteiger charge is 2.23. The fraction of sp³-hybridized carbons (Fsp3) is 0.333. The summed E-state index contributed by atoms with van der Waals surface area (Å²) >= 11 is 8.40. The molecule has 1 aliphatic rings. The van der Waals surface area contributed by atoms with Crippen molar-refractivity contribution >= 4 is 34.2 Å². The minimum atomic E-state index is 0.189. The van der Waals surface area contributed by atoms with Gasteiger partial charge in [-0.2, -0.15) is 0 Å². The van der Waals surface area contributed by atoms with Crippen molar-refractivity contribution in [2.24, 2.45) is 5.73 Å². The lowest BCUT2D eigenvalue weighted by Crippen LogP contribution is -2.18. The third kappa shape index (κ3) is 2.32. The second-order valence-corrected chi connectivity index (χ2v) is 6.72. The van der Waals surface area contributed by atoms with Crippen LogP contribution in [0.2, 0.25) is 5.02 Å². The van der Waals surface area contributed by atoms with E-state index in [2.05, 4.69) is 46.2 Å². The number of nitrogens with zero attached hydrogens (tertiary/aromatic N) is 1. The van der Waals surface area contributed by atoms with Crippen molar-refractivity contribution < 1.29 is 0 Å². The van der Waals surface area contributed by atoms with E-state index in [9.17, 15) is 0 Å². The van der Waals surface area contributed by atoms with Gasteiger partial charge in [-0.1, -0.05) is 11.6 Å². The van der Waals surface area contributed by atoms with Crippen molar-refractivity contribution in [1.82, 2.24) is 4.57 Å². The van der Waals surface area contributed by atoms with E-state index < -0.39 is 0 Å². The molecule has 1 aromatic carbocycles. The van der Waals surface area contributed by atoms with E-state index in [4.69, 9.17) is 17.3 Å². The van der Waals surface area contributed by atoms with E-state index in [1.807, 2.05) is 12.1 Å². The van der Waals surface area contributed by atoms with Gasteiger partial charge in [0.2, 0.25) is 0 Å². The SMILES string of the molecule is Cc1cc2c(n1-c1ccc(Cl)cc1I)CCCC2N. The normalized spacial score (nSPS) is 18.4. The fourth-order valence-electron chi connectivity index (χ4n) is 2.93. The second kappa shape index (κ2) is 5.11. The molecule has 0 saturated carbocycles. The van der Waals surface area contributed by atoms with E-state index in [-0.39, 0.29) is 6.04 Å². The Morgan fingerprint density at radius 1 is 1.37 bits per heavy atom. The molecular formula is C15H16ClIN2. The molecule has 3 rings (SSSR count). The summed E-state index contributed by atoms with van der Waals surface area (Å²) in [6.07, 6.45) is 3.37. The largest absolute Gasteiger partial charge is 0.324 e. The monoisotopic (exact) mass is 386 g/mol. The van der Waals surface area contributed by atoms with Crippen LogP contribution >= 0.6 is 34.2 Å². The van der Waals surface area contributed by atoms with Crippen LogP contribution in [0.25, 0.3) is 5.69 Å². The zero-order chi connectivity index (χ0) is 13.6. The van der Waals surface area contributed by atoms with Crippen molar-refractivity contribution in [3.8, 4) is 5.69 Å². The van der Waals surface area contributed by atoms with Gasteiger partial charge in [-0.15, -0.1) is 0 Å². The van der Waals surface area contributed by atoms with Gasteiger partial charge in [0.05, 0.1) is 5.69 Å². The number of halogens is 2. The third-order valence-corrected chi connectivity index (χ3v) is 4.90. The molecule has 0 amide bonds. The molecule has 2 aromatic rings. The molecule has 0 saturated heterocycles. The summed E-state index contributed by atoms with van der Waals surface area (Å²) in [5.41, 5.74) is 11.4. The maximum absolute atomic E-state index is 6.23. The van der Waals surface area contributed by atoms with E-state index in [0.29, 0.717) is 0 Å². The number of hydrogen-bond donors (Lipinski definition) is 1. The predicted molar refractivity (Wildman–Crippen MR) is 88.1 cm³/mol. The summed E-state index contributed by atoms with van der Waals surface area (Å²) in [5.74, 6) is 0. The number of aryl methyl sites for hydroxylation is 1. The van der Waals surface area contributed by atoms with Crippen LogP contribution in [0.4, 0.5) is 0 Å². The first-order valence-corrected chi connectivity index (χ1v) is 7.95. The quantitative estimate of drug-likeness (QED) is 0.725. The van der Waals surface area contributed by atoms with Crippen molar-refractivity contribution in [3.05, 3.63) is 49.8 Å². The first kappa shape index (κ1) is 13.5. The van der Waals surface area contributed by atoms with Crippen LogP contribution in [-0.2, 0) is 6.42 Å². The molecule has 1 aromatic heterocycles. The van der Waals surface area contributed by atoms with Gasteiger partial charge in [-0.25, -0.2) is 0 Å². The first-order chi connectivity index (χ1) is 9.08. The third-order valence-electron chi connectivity index (χ3n) is 3.80. The fourth-order valence-corrected chi connectivity index (χ4v) is 4.05. The molecule has 2 nitrogen and oxygen atoms in total. The Kier molecular flexibility index (Phi) is 3.62. The molecule has 19 heavy (non-hydrogen) atoms. The number of hydrogen-bond acceptors (Lipinski definition) is 1. The number of nitrogens with two attached hydrogens (primary N) is 1. The zero-order valence-corrected chi connectivity index (χ0v) is 13.7. The number of fused-ring (bicyclic) bond motifs is 1. The van der Waals surface area contributed by atoms with E-state index >= 15 is 0 Å². The highest BCUT2D eigenvalue weighted by Crippen LogP contribution is 2.34. The summed E-state index contributed by atoms with van der Waals surface area (Å²) in [5, 5.41) is 0.781. The van der Waals surface area contributed by atoms with Crippen molar-refractivity contribution in [3.63, 3.8) is 0 Å². The van der Waals surface area contributed by atoms with Crippen LogP contribution in [0.3, 0.4) is 0 Å². The smallest absolute Gasteiger partial charge is 0.0589 e. The number of aromatic nitrogens is 1. The van der Waals surface area contributed by atoms with Crippen molar-refractivity contribution in [1.29, 1.82) is 0 Å². The minimum Gasteiger partial charge on any atom is -0.324 e. The Balaban J connectivity index is 2.20. The Bertz CT molecular complexity index is 633. The zero-order valence-electron chi connectivity index (χ0n) is 10.8. The lowest BCUT2D eigenvalue weighted by atomic mass is 9.93. The van der Waals surface area contributed by atoms with Crippen LogP contribution in [0.5, 0.6) is 0 Å². The Morgan fingerprint density at radius 3 is 2.89 bits per heavy atom. The van der Waals surface area contributed by atoms with Gasteiger partial charge in [0.1, 0.15) is 0 Å². The van der Waals surface area contributed by atoms with Crippen LogP contribution in [0, 0.1) is 10.5 Å². The summed E-state index contributed by atoms with van der Waals surface area (Å²) < 4.78 is 3.51. The molecule has 1 heterocycles. The van der Waals surface area contributed by atoms with Gasteiger partial charge < -0.3 is 10.3 Å². The Morgan fingerprint density at radius 2 is 2.16 bits per heavy atom. The average molecular weight is 387 g/mol. The summed E-state index contributed by atoms with van der Waals surface area (Å²) in [6.45, 7) is 2.15. The standard InChI is InChI=1S/C15H16ClIN2/c1-9-7-11-13(18)3-2-4-14(11)19(9)15-6-5-10(16)8-12(15)17/h5-8,13H,2-4,18H2,1H3. The molecule has 1 atom stereocenters. The topological polar surface area (TPSA) is 30.9 Å². The van der Waals surface area contributed by atoms with Gasteiger partial charge in [-0.3, -0.25) is 0 Å². The second-order valence-electron chi connectivity index (χ2n) is 5.12. The maximum Gasteiger partial charge on any atom is 0.0589 e. The van der Waals surface area contributed by atoms with Crippen LogP contribution < -0.4 is 5.73 Å². The van der Waals surface area contributed by atoms with Crippen molar-refractivity contribution in [2.75, 3.05) is 0 Å². The van der Waals surface area contributed by atoms with Gasteiger partial charge in [0, 0.05) is 26.0 Å². The number of rotatable bonds is 1. The molecular weight excluding hydrogens is 371 g/mol. The molecule has 4 heteroatoms. The average Bonchev–Trinajstić information content (AvgIpc) is 2.68. The molecule has 0 fully saturated rings. The molecule has 0 radical (unpaired) electrons. The van der Waals surface area contributed by atoms with E-state index in [1.54, 1.807) is 0 Å². The lowest BCUT2D eigenvalue weighted by molar-refractivity contribution is 0.560. The van der Waals surface area contributed by atoms with E-state index in [1.165, 1.54) is 32.6 Å². The van der Waals surface area contributed by atoms with Gasteiger partial charge in [0.15, 0.2) is 0 Å². The Labute approximate surface area is 132 Å². The van der Waals surface area contributed by atoms with Crippen LogP contribution in [0.15, 0.2) is 24.3 Å². The Hall–Kier alpha value is -0.520. The molecule has 0 spiro atoms. The lowest BCUT2D eigenvalue weighted by Gasteiger charge is -2.21. The highest BCUT2D eigenvalue weighted by atomic mass is 127. The molecule has 1 aliphatic carbocycles. The van der Waals surface area contributed by atoms with Gasteiger partial charge >= 0.3 is 0 Å². The summed E-state index contributed by atoms with van der Waals surface area (Å²) in [6, 6.07) is 8.48.